The Bertz CT molecular complexity index is 677. The van der Waals surface area contributed by atoms with Crippen molar-refractivity contribution in [3.8, 4) is 0 Å². The molecule has 176 valence electrons. The molecule has 3 N–H and O–H groups in total. The van der Waals surface area contributed by atoms with Crippen molar-refractivity contribution in [1.29, 1.82) is 0 Å². The second-order valence-corrected chi connectivity index (χ2v) is 12.1. The third-order valence-corrected chi connectivity index (χ3v) is 10.6. The van der Waals surface area contributed by atoms with E-state index in [-0.39, 0.29) is 17.4 Å². The molecule has 0 bridgehead atoms. The number of aliphatic hydroxyl groups is 1. The maximum absolute atomic E-state index is 12.3. The smallest absolute Gasteiger partial charge is 0.217 e. The van der Waals surface area contributed by atoms with Crippen LogP contribution in [-0.4, -0.2) is 22.9 Å². The zero-order chi connectivity index (χ0) is 22.2. The lowest BCUT2D eigenvalue weighted by molar-refractivity contribution is -0.156. The van der Waals surface area contributed by atoms with E-state index in [1.54, 1.807) is 0 Å². The van der Waals surface area contributed by atoms with E-state index in [1.807, 2.05) is 0 Å². The summed E-state index contributed by atoms with van der Waals surface area (Å²) < 4.78 is 0. The van der Waals surface area contributed by atoms with Gasteiger partial charge in [-0.05, 0) is 85.4 Å². The molecule has 4 nitrogen and oxygen atoms in total. The Hall–Kier alpha value is -0.900. The Morgan fingerprint density at radius 3 is 2.48 bits per heavy atom. The van der Waals surface area contributed by atoms with Gasteiger partial charge in [-0.25, -0.2) is 0 Å². The summed E-state index contributed by atoms with van der Waals surface area (Å²) in [6.45, 7) is 4.89. The molecule has 0 aromatic heterocycles. The zero-order valence-corrected chi connectivity index (χ0v) is 19.9. The molecule has 4 heteroatoms. The number of nitrogens with two attached hydrogens (primary N) is 1. The second-order valence-electron chi connectivity index (χ2n) is 12.1. The van der Waals surface area contributed by atoms with Crippen molar-refractivity contribution in [3.05, 3.63) is 0 Å². The van der Waals surface area contributed by atoms with Gasteiger partial charge in [-0.3, -0.25) is 9.59 Å². The van der Waals surface area contributed by atoms with Crippen molar-refractivity contribution in [1.82, 2.24) is 0 Å². The average Bonchev–Trinajstić information content (AvgIpc) is 3.02. The first-order chi connectivity index (χ1) is 14.8. The van der Waals surface area contributed by atoms with Crippen molar-refractivity contribution in [2.24, 2.45) is 46.2 Å². The monoisotopic (exact) mass is 431 g/mol. The van der Waals surface area contributed by atoms with Gasteiger partial charge in [0.05, 0.1) is 6.10 Å². The number of carbonyl (C=O) groups is 2. The third kappa shape index (κ3) is 4.35. The SMILES string of the molecule is C[C@]12CCC(=O)C[C@@H]1C[C@@H](CCCCCCCC(N)=O)[C@@H]1[C@@H]2CC[C@]2(C)[C@@H](O)CC[C@@H]12. The number of aliphatic hydroxyl groups excluding tert-OH is 1. The van der Waals surface area contributed by atoms with E-state index >= 15 is 0 Å². The lowest BCUT2D eigenvalue weighted by Crippen LogP contribution is -2.57. The summed E-state index contributed by atoms with van der Waals surface area (Å²) in [4.78, 5) is 23.3. The molecule has 4 saturated carbocycles. The van der Waals surface area contributed by atoms with Gasteiger partial charge in [-0.15, -0.1) is 0 Å². The van der Waals surface area contributed by atoms with Gasteiger partial charge in [0.25, 0.3) is 0 Å². The number of carbonyl (C=O) groups excluding carboxylic acids is 2. The summed E-state index contributed by atoms with van der Waals surface area (Å²) in [7, 11) is 0. The van der Waals surface area contributed by atoms with Crippen LogP contribution >= 0.6 is 0 Å². The molecule has 0 spiro atoms. The van der Waals surface area contributed by atoms with Crippen LogP contribution in [0, 0.1) is 40.4 Å². The zero-order valence-electron chi connectivity index (χ0n) is 19.9. The Morgan fingerprint density at radius 1 is 1.00 bits per heavy atom. The van der Waals surface area contributed by atoms with E-state index in [0.717, 1.165) is 56.3 Å². The maximum atomic E-state index is 12.3. The van der Waals surface area contributed by atoms with Crippen LogP contribution in [0.3, 0.4) is 0 Å². The lowest BCUT2D eigenvalue weighted by Gasteiger charge is -2.62. The van der Waals surface area contributed by atoms with E-state index < -0.39 is 0 Å². The Kier molecular flexibility index (Phi) is 6.87. The van der Waals surface area contributed by atoms with Crippen LogP contribution in [0.4, 0.5) is 0 Å². The first kappa shape index (κ1) is 23.3. The molecule has 0 unspecified atom stereocenters. The topological polar surface area (TPSA) is 80.4 Å². The predicted molar refractivity (Wildman–Crippen MR) is 123 cm³/mol. The van der Waals surface area contributed by atoms with Gasteiger partial charge in [-0.2, -0.15) is 0 Å². The third-order valence-electron chi connectivity index (χ3n) is 10.6. The number of Topliss-reactive ketones (excluding diaryl/α,β-unsaturated/α-hetero) is 1. The number of primary amides is 1. The summed E-state index contributed by atoms with van der Waals surface area (Å²) in [5.74, 6) is 3.74. The van der Waals surface area contributed by atoms with E-state index in [2.05, 4.69) is 13.8 Å². The van der Waals surface area contributed by atoms with Gasteiger partial charge in [0.15, 0.2) is 0 Å². The summed E-state index contributed by atoms with van der Waals surface area (Å²) in [6.07, 6.45) is 15.9. The van der Waals surface area contributed by atoms with Crippen molar-refractivity contribution in [2.45, 2.75) is 116 Å². The van der Waals surface area contributed by atoms with Crippen molar-refractivity contribution >= 4 is 11.7 Å². The van der Waals surface area contributed by atoms with Crippen LogP contribution in [0.5, 0.6) is 0 Å². The summed E-state index contributed by atoms with van der Waals surface area (Å²) >= 11 is 0. The molecular weight excluding hydrogens is 386 g/mol. The van der Waals surface area contributed by atoms with E-state index in [4.69, 9.17) is 5.73 Å². The molecule has 1 amide bonds. The first-order valence-electron chi connectivity index (χ1n) is 13.2. The van der Waals surface area contributed by atoms with E-state index in [0.29, 0.717) is 29.5 Å². The molecule has 0 radical (unpaired) electrons. The van der Waals surface area contributed by atoms with Crippen molar-refractivity contribution < 1.29 is 14.7 Å². The lowest BCUT2D eigenvalue weighted by atomic mass is 9.42. The predicted octanol–water partition coefficient (Wildman–Crippen LogP) is 5.40. The highest BCUT2D eigenvalue weighted by atomic mass is 16.3. The Balaban J connectivity index is 1.44. The number of hydrogen-bond donors (Lipinski definition) is 2. The van der Waals surface area contributed by atoms with Crippen LogP contribution < -0.4 is 5.73 Å². The number of amides is 1. The van der Waals surface area contributed by atoms with Crippen LogP contribution in [0.2, 0.25) is 0 Å². The standard InChI is InChI=1S/C27H45NO3/c1-26-14-12-20(29)17-19(26)16-18(8-6-4-3-5-7-9-24(28)31)25-21-10-11-23(30)27(21,2)15-13-22(25)26/h18-19,21-23,25,30H,3-17H2,1-2H3,(H2,28,31)/t18-,19+,21+,22+,23+,25+,26+,27+/m1/s1. The average molecular weight is 432 g/mol. The molecule has 31 heavy (non-hydrogen) atoms. The van der Waals surface area contributed by atoms with Gasteiger partial charge in [-0.1, -0.05) is 46.0 Å². The van der Waals surface area contributed by atoms with Crippen LogP contribution in [0.15, 0.2) is 0 Å². The molecule has 4 rings (SSSR count). The fraction of sp³-hybridized carbons (Fsp3) is 0.926. The van der Waals surface area contributed by atoms with E-state index in [1.165, 1.54) is 51.4 Å². The summed E-state index contributed by atoms with van der Waals surface area (Å²) in [5, 5.41) is 10.8. The molecule has 0 aromatic carbocycles. The quantitative estimate of drug-likeness (QED) is 0.505. The Morgan fingerprint density at radius 2 is 1.71 bits per heavy atom. The highest BCUT2D eigenvalue weighted by Crippen LogP contribution is 2.67. The van der Waals surface area contributed by atoms with Crippen LogP contribution in [0.25, 0.3) is 0 Å². The van der Waals surface area contributed by atoms with Crippen LogP contribution in [0.1, 0.15) is 110 Å². The molecule has 4 aliphatic rings. The van der Waals surface area contributed by atoms with E-state index in [9.17, 15) is 14.7 Å². The number of rotatable bonds is 8. The Labute approximate surface area is 189 Å². The van der Waals surface area contributed by atoms with Crippen molar-refractivity contribution in [2.75, 3.05) is 0 Å². The number of unbranched alkanes of at least 4 members (excludes halogenated alkanes) is 4. The second kappa shape index (κ2) is 9.15. The minimum atomic E-state index is -0.183. The highest BCUT2D eigenvalue weighted by molar-refractivity contribution is 5.79. The van der Waals surface area contributed by atoms with Crippen LogP contribution in [-0.2, 0) is 9.59 Å². The van der Waals surface area contributed by atoms with Gasteiger partial charge in [0.1, 0.15) is 5.78 Å². The van der Waals surface area contributed by atoms with Gasteiger partial charge in [0, 0.05) is 19.3 Å². The summed E-state index contributed by atoms with van der Waals surface area (Å²) in [6, 6.07) is 0. The molecule has 0 aliphatic heterocycles. The molecular formula is C27H45NO3. The molecule has 4 aliphatic carbocycles. The minimum Gasteiger partial charge on any atom is -0.393 e. The number of ketones is 1. The fourth-order valence-electron chi connectivity index (χ4n) is 8.73. The fourth-order valence-corrected chi connectivity index (χ4v) is 8.73. The minimum absolute atomic E-state index is 0.113. The molecule has 8 atom stereocenters. The highest BCUT2D eigenvalue weighted by Gasteiger charge is 2.62. The maximum Gasteiger partial charge on any atom is 0.217 e. The molecule has 0 aromatic rings. The number of fused-ring (bicyclic) bond motifs is 5. The number of hydrogen-bond acceptors (Lipinski definition) is 3. The van der Waals surface area contributed by atoms with Crippen molar-refractivity contribution in [3.63, 3.8) is 0 Å². The first-order valence-corrected chi connectivity index (χ1v) is 13.2. The largest absolute Gasteiger partial charge is 0.393 e. The molecule has 0 heterocycles. The normalized spacial score (nSPS) is 44.4. The van der Waals surface area contributed by atoms with Gasteiger partial charge in [0.2, 0.25) is 5.91 Å². The van der Waals surface area contributed by atoms with Gasteiger partial charge >= 0.3 is 0 Å². The van der Waals surface area contributed by atoms with Gasteiger partial charge < -0.3 is 10.8 Å². The summed E-state index contributed by atoms with van der Waals surface area (Å²) in [5.41, 5.74) is 5.69. The molecule has 4 fully saturated rings. The molecule has 0 saturated heterocycles.